The number of benzene rings is 1. The summed E-state index contributed by atoms with van der Waals surface area (Å²) in [7, 11) is 0. The Balaban J connectivity index is 0.00000249. The predicted molar refractivity (Wildman–Crippen MR) is 137 cm³/mol. The first-order chi connectivity index (χ1) is 15.2. The van der Waals surface area contributed by atoms with E-state index in [9.17, 15) is 4.79 Å². The number of hydrogen-bond acceptors (Lipinski definition) is 3. The first-order valence-electron chi connectivity index (χ1n) is 11.5. The van der Waals surface area contributed by atoms with Crippen LogP contribution in [0.4, 0.5) is 4.79 Å². The number of hydrogen-bond donors (Lipinski definition) is 1. The molecule has 0 aliphatic carbocycles. The molecule has 0 atom stereocenters. The van der Waals surface area contributed by atoms with E-state index in [0.29, 0.717) is 24.8 Å². The molecule has 6 heteroatoms. The van der Waals surface area contributed by atoms with Crippen LogP contribution in [0.2, 0.25) is 0 Å². The van der Waals surface area contributed by atoms with Gasteiger partial charge in [0.25, 0.3) is 0 Å². The Hall–Kier alpha value is -2.11. The van der Waals surface area contributed by atoms with Crippen LogP contribution in [0.25, 0.3) is 5.57 Å². The summed E-state index contributed by atoms with van der Waals surface area (Å²) in [5.74, 6) is 0. The van der Waals surface area contributed by atoms with Crippen molar-refractivity contribution < 1.29 is 9.53 Å². The minimum atomic E-state index is -0.0448. The van der Waals surface area contributed by atoms with Crippen molar-refractivity contribution in [3.63, 3.8) is 0 Å². The first kappa shape index (κ1) is 27.9. The van der Waals surface area contributed by atoms with Gasteiger partial charge >= 0.3 is 6.03 Å². The van der Waals surface area contributed by atoms with Gasteiger partial charge in [-0.1, -0.05) is 56.1 Å². The van der Waals surface area contributed by atoms with Crippen molar-refractivity contribution in [2.45, 2.75) is 80.6 Å². The Morgan fingerprint density at radius 2 is 1.97 bits per heavy atom. The zero-order valence-electron chi connectivity index (χ0n) is 21.0. The summed E-state index contributed by atoms with van der Waals surface area (Å²) in [6.07, 6.45) is 4.98. The molecule has 1 aromatic carbocycles. The van der Waals surface area contributed by atoms with Crippen molar-refractivity contribution >= 4 is 28.4 Å². The zero-order chi connectivity index (χ0) is 24.3. The second-order valence-electron chi connectivity index (χ2n) is 8.12. The lowest BCUT2D eigenvalue weighted by atomic mass is 10.0. The van der Waals surface area contributed by atoms with Crippen LogP contribution in [0.15, 0.2) is 41.0 Å². The summed E-state index contributed by atoms with van der Waals surface area (Å²) in [6, 6.07) is 6.17. The highest BCUT2D eigenvalue weighted by Gasteiger charge is 2.31. The molecular formula is C26H40ClN3O2. The number of allylic oxidation sites excluding steroid dienone is 3. The van der Waals surface area contributed by atoms with Gasteiger partial charge in [0.2, 0.25) is 0 Å². The van der Waals surface area contributed by atoms with Crippen LogP contribution in [0.1, 0.15) is 71.6 Å². The van der Waals surface area contributed by atoms with Gasteiger partial charge < -0.3 is 15.0 Å². The molecule has 2 amide bonds. The Morgan fingerprint density at radius 1 is 1.31 bits per heavy atom. The lowest BCUT2D eigenvalue weighted by Crippen LogP contribution is -2.58. The highest BCUT2D eigenvalue weighted by molar-refractivity contribution is 6.69. The van der Waals surface area contributed by atoms with Crippen molar-refractivity contribution in [1.82, 2.24) is 10.2 Å². The van der Waals surface area contributed by atoms with Gasteiger partial charge in [-0.25, -0.2) is 9.79 Å². The lowest BCUT2D eigenvalue weighted by molar-refractivity contribution is -0.0641. The van der Waals surface area contributed by atoms with E-state index in [4.69, 9.17) is 16.3 Å². The average Bonchev–Trinajstić information content (AvgIpc) is 2.74. The quantitative estimate of drug-likeness (QED) is 0.438. The number of rotatable bonds is 8. The SMILES string of the molecule is CC.CC/C(C)=C/N=C(Cl)/C=C(\C)c1ccc(CNC(=O)N2CC(OC(C)C)C2)c(C)c1. The Labute approximate surface area is 199 Å². The van der Waals surface area contributed by atoms with Gasteiger partial charge in [-0.3, -0.25) is 0 Å². The van der Waals surface area contributed by atoms with Gasteiger partial charge in [0, 0.05) is 12.7 Å². The van der Waals surface area contributed by atoms with Gasteiger partial charge in [-0.05, 0) is 69.4 Å². The van der Waals surface area contributed by atoms with Crippen molar-refractivity contribution in [3.05, 3.63) is 52.7 Å². The van der Waals surface area contributed by atoms with Gasteiger partial charge in [-0.15, -0.1) is 0 Å². The van der Waals surface area contributed by atoms with Crippen molar-refractivity contribution in [3.8, 4) is 0 Å². The van der Waals surface area contributed by atoms with Crippen LogP contribution in [-0.4, -0.2) is 41.4 Å². The molecule has 1 saturated heterocycles. The molecule has 32 heavy (non-hydrogen) atoms. The molecule has 1 N–H and O–H groups in total. The van der Waals surface area contributed by atoms with E-state index in [-0.39, 0.29) is 18.2 Å². The summed E-state index contributed by atoms with van der Waals surface area (Å²) in [6.45, 7) is 18.0. The van der Waals surface area contributed by atoms with E-state index in [1.807, 2.05) is 53.7 Å². The van der Waals surface area contributed by atoms with Gasteiger partial charge in [0.05, 0.1) is 25.3 Å². The summed E-state index contributed by atoms with van der Waals surface area (Å²) >= 11 is 6.24. The zero-order valence-corrected chi connectivity index (χ0v) is 21.7. The number of nitrogens with zero attached hydrogens (tertiary/aromatic N) is 2. The largest absolute Gasteiger partial charge is 0.372 e. The Bertz CT molecular complexity index is 837. The average molecular weight is 462 g/mol. The Morgan fingerprint density at radius 3 is 2.53 bits per heavy atom. The lowest BCUT2D eigenvalue weighted by Gasteiger charge is -2.39. The summed E-state index contributed by atoms with van der Waals surface area (Å²) in [5, 5.41) is 3.46. The fourth-order valence-corrected chi connectivity index (χ4v) is 3.27. The molecule has 1 aliphatic heterocycles. The van der Waals surface area contributed by atoms with E-state index in [1.165, 1.54) is 5.57 Å². The molecule has 0 radical (unpaired) electrons. The number of ether oxygens (including phenoxy) is 1. The molecule has 1 fully saturated rings. The van der Waals surface area contributed by atoms with Crippen molar-refractivity contribution in [1.29, 1.82) is 0 Å². The smallest absolute Gasteiger partial charge is 0.317 e. The van der Waals surface area contributed by atoms with Crippen LogP contribution in [0, 0.1) is 6.92 Å². The number of carbonyl (C=O) groups is 1. The maximum atomic E-state index is 12.3. The molecule has 1 heterocycles. The third-order valence-electron chi connectivity index (χ3n) is 5.13. The molecule has 5 nitrogen and oxygen atoms in total. The molecule has 0 saturated carbocycles. The topological polar surface area (TPSA) is 53.9 Å². The molecular weight excluding hydrogens is 422 g/mol. The molecule has 0 aromatic heterocycles. The number of urea groups is 1. The summed E-state index contributed by atoms with van der Waals surface area (Å²) in [4.78, 5) is 18.3. The monoisotopic (exact) mass is 461 g/mol. The van der Waals surface area contributed by atoms with E-state index in [0.717, 1.165) is 28.7 Å². The van der Waals surface area contributed by atoms with Crippen molar-refractivity contribution in [2.24, 2.45) is 4.99 Å². The van der Waals surface area contributed by atoms with Crippen molar-refractivity contribution in [2.75, 3.05) is 13.1 Å². The molecule has 1 aromatic rings. The van der Waals surface area contributed by atoms with Gasteiger partial charge in [0.1, 0.15) is 5.17 Å². The summed E-state index contributed by atoms with van der Waals surface area (Å²) in [5.41, 5.74) is 5.53. The van der Waals surface area contributed by atoms with E-state index >= 15 is 0 Å². The number of aryl methyl sites for hydroxylation is 1. The van der Waals surface area contributed by atoms with E-state index in [2.05, 4.69) is 36.3 Å². The minimum Gasteiger partial charge on any atom is -0.372 e. The number of nitrogens with one attached hydrogen (secondary N) is 1. The number of aliphatic imine (C=N–C) groups is 1. The fraction of sp³-hybridized carbons (Fsp3) is 0.538. The first-order valence-corrected chi connectivity index (χ1v) is 11.9. The molecule has 0 unspecified atom stereocenters. The predicted octanol–water partition coefficient (Wildman–Crippen LogP) is 6.69. The standard InChI is InChI=1S/C24H34ClN3O2.C2H6/c1-7-17(4)12-26-23(25)11-19(6)20-8-9-21(18(5)10-20)13-27-24(29)28-14-22(15-28)30-16(2)3;1-2/h8-12,16,22H,7,13-15H2,1-6H3,(H,27,29);1-2H3/b17-12+,19-11+,26-23-;. The third kappa shape index (κ3) is 9.17. The highest BCUT2D eigenvalue weighted by atomic mass is 35.5. The number of likely N-dealkylation sites (tertiary alicyclic amines) is 1. The van der Waals surface area contributed by atoms with Gasteiger partial charge in [0.15, 0.2) is 0 Å². The number of amides is 2. The maximum Gasteiger partial charge on any atom is 0.317 e. The molecule has 0 spiro atoms. The minimum absolute atomic E-state index is 0.0448. The number of halogens is 1. The van der Waals surface area contributed by atoms with Crippen LogP contribution in [0.5, 0.6) is 0 Å². The molecule has 1 aliphatic rings. The maximum absolute atomic E-state index is 12.3. The second-order valence-corrected chi connectivity index (χ2v) is 8.51. The fourth-order valence-electron chi connectivity index (χ4n) is 3.06. The molecule has 178 valence electrons. The molecule has 2 rings (SSSR count). The van der Waals surface area contributed by atoms with Crippen LogP contribution >= 0.6 is 11.6 Å². The molecule has 0 bridgehead atoms. The summed E-state index contributed by atoms with van der Waals surface area (Å²) < 4.78 is 5.70. The normalized spacial score (nSPS) is 15.3. The third-order valence-corrected chi connectivity index (χ3v) is 5.34. The van der Waals surface area contributed by atoms with Crippen LogP contribution in [-0.2, 0) is 11.3 Å². The number of carbonyl (C=O) groups excluding carboxylic acids is 1. The highest BCUT2D eigenvalue weighted by Crippen LogP contribution is 2.20. The second kappa shape index (κ2) is 14.1. The van der Waals surface area contributed by atoms with E-state index in [1.54, 1.807) is 11.1 Å². The van der Waals surface area contributed by atoms with Crippen LogP contribution < -0.4 is 5.32 Å². The Kier molecular flexibility index (Phi) is 12.3. The van der Waals surface area contributed by atoms with E-state index < -0.39 is 0 Å². The van der Waals surface area contributed by atoms with Crippen LogP contribution in [0.3, 0.4) is 0 Å². The van der Waals surface area contributed by atoms with Gasteiger partial charge in [-0.2, -0.15) is 0 Å².